The Kier molecular flexibility index (Phi) is 3.89. The van der Waals surface area contributed by atoms with Crippen LogP contribution in [0.25, 0.3) is 0 Å². The number of hydrogen-bond donors (Lipinski definition) is 1. The van der Waals surface area contributed by atoms with Crippen LogP contribution in [0.2, 0.25) is 0 Å². The zero-order valence-electron chi connectivity index (χ0n) is 14.0. The van der Waals surface area contributed by atoms with E-state index in [1.54, 1.807) is 0 Å². The zero-order chi connectivity index (χ0) is 16.7. The highest BCUT2D eigenvalue weighted by atomic mass is 16.5. The number of nitrogens with zero attached hydrogens (tertiary/aromatic N) is 2. The summed E-state index contributed by atoms with van der Waals surface area (Å²) in [6.45, 7) is 4.32. The molecule has 0 aromatic heterocycles. The van der Waals surface area contributed by atoms with Gasteiger partial charge in [0.15, 0.2) is 5.41 Å². The van der Waals surface area contributed by atoms with Gasteiger partial charge in [0.05, 0.1) is 23.7 Å². The molecule has 1 heterocycles. The molecule has 3 rings (SSSR count). The molecule has 2 aliphatic carbocycles. The van der Waals surface area contributed by atoms with Crippen LogP contribution < -0.4 is 5.32 Å². The zero-order valence-corrected chi connectivity index (χ0v) is 14.0. The van der Waals surface area contributed by atoms with E-state index in [0.29, 0.717) is 6.61 Å². The molecule has 3 unspecified atom stereocenters. The molecule has 1 spiro atoms. The second-order valence-corrected chi connectivity index (χ2v) is 7.96. The molecule has 3 fully saturated rings. The minimum atomic E-state index is -1.19. The minimum absolute atomic E-state index is 0.0512. The number of nitrogens with one attached hydrogen (secondary N) is 1. The molecule has 3 atom stereocenters. The first-order chi connectivity index (χ1) is 10.9. The number of carbonyl (C=O) groups excluding carboxylic acids is 1. The third-order valence-corrected chi connectivity index (χ3v) is 6.34. The van der Waals surface area contributed by atoms with Crippen molar-refractivity contribution >= 4 is 5.91 Å². The Labute approximate surface area is 138 Å². The lowest BCUT2D eigenvalue weighted by molar-refractivity contribution is -0.132. The van der Waals surface area contributed by atoms with Crippen molar-refractivity contribution in [2.24, 2.45) is 16.7 Å². The molecule has 0 radical (unpaired) electrons. The lowest BCUT2D eigenvalue weighted by Gasteiger charge is -2.43. The van der Waals surface area contributed by atoms with Crippen LogP contribution in [0.5, 0.6) is 0 Å². The summed E-state index contributed by atoms with van der Waals surface area (Å²) in [5, 5.41) is 21.9. The summed E-state index contributed by atoms with van der Waals surface area (Å²) >= 11 is 0. The Hall–Kier alpha value is -1.59. The van der Waals surface area contributed by atoms with Crippen LogP contribution in [0.3, 0.4) is 0 Å². The van der Waals surface area contributed by atoms with Gasteiger partial charge in [-0.05, 0) is 25.7 Å². The number of carbonyl (C=O) groups is 1. The van der Waals surface area contributed by atoms with E-state index in [1.807, 2.05) is 13.8 Å². The van der Waals surface area contributed by atoms with Crippen molar-refractivity contribution in [3.63, 3.8) is 0 Å². The van der Waals surface area contributed by atoms with E-state index in [-0.39, 0.29) is 17.6 Å². The van der Waals surface area contributed by atoms with E-state index in [9.17, 15) is 15.3 Å². The number of rotatable bonds is 2. The van der Waals surface area contributed by atoms with Gasteiger partial charge in [-0.2, -0.15) is 10.5 Å². The fourth-order valence-corrected chi connectivity index (χ4v) is 4.70. The summed E-state index contributed by atoms with van der Waals surface area (Å²) in [6.07, 6.45) is 7.38. The Balaban J connectivity index is 1.69. The van der Waals surface area contributed by atoms with Gasteiger partial charge < -0.3 is 10.1 Å². The smallest absolute Gasteiger partial charge is 0.242 e. The van der Waals surface area contributed by atoms with E-state index in [0.717, 1.165) is 25.7 Å². The molecule has 1 saturated heterocycles. The molecule has 1 N–H and O–H groups in total. The van der Waals surface area contributed by atoms with Gasteiger partial charge in [-0.3, -0.25) is 4.79 Å². The van der Waals surface area contributed by atoms with Crippen LogP contribution in [0.1, 0.15) is 58.8 Å². The highest BCUT2D eigenvalue weighted by molar-refractivity contribution is 5.91. The molecule has 0 bridgehead atoms. The number of hydrogen-bond acceptors (Lipinski definition) is 4. The van der Waals surface area contributed by atoms with Crippen molar-refractivity contribution in [3.8, 4) is 12.1 Å². The van der Waals surface area contributed by atoms with E-state index in [1.165, 1.54) is 19.3 Å². The number of nitriles is 2. The molecule has 5 nitrogen and oxygen atoms in total. The van der Waals surface area contributed by atoms with E-state index in [2.05, 4.69) is 17.5 Å². The van der Waals surface area contributed by atoms with Gasteiger partial charge in [0.25, 0.3) is 0 Å². The molecular formula is C18H25N3O2. The maximum Gasteiger partial charge on any atom is 0.242 e. The van der Waals surface area contributed by atoms with Gasteiger partial charge in [-0.25, -0.2) is 0 Å². The lowest BCUT2D eigenvalue weighted by Crippen LogP contribution is -2.51. The molecule has 0 aromatic carbocycles. The van der Waals surface area contributed by atoms with Gasteiger partial charge in [-0.1, -0.05) is 33.1 Å². The summed E-state index contributed by atoms with van der Waals surface area (Å²) in [4.78, 5) is 12.8. The average molecular weight is 315 g/mol. The second kappa shape index (κ2) is 5.49. The summed E-state index contributed by atoms with van der Waals surface area (Å²) in [7, 11) is 0. The highest BCUT2D eigenvalue weighted by Crippen LogP contribution is 2.68. The average Bonchev–Trinajstić information content (AvgIpc) is 3.03. The topological polar surface area (TPSA) is 85.9 Å². The molecule has 1 aliphatic heterocycles. The Bertz CT molecular complexity index is 575. The molecule has 0 aromatic rings. The van der Waals surface area contributed by atoms with Gasteiger partial charge in [0, 0.05) is 18.1 Å². The predicted molar refractivity (Wildman–Crippen MR) is 83.9 cm³/mol. The van der Waals surface area contributed by atoms with Gasteiger partial charge in [0.2, 0.25) is 5.91 Å². The number of amides is 1. The molecule has 2 saturated carbocycles. The SMILES string of the molecule is CC1(C)C(C#N)C1(C#N)C(=O)NC1CCOC2(CCCCC2)C1. The molecular weight excluding hydrogens is 290 g/mol. The Morgan fingerprint density at radius 1 is 1.22 bits per heavy atom. The second-order valence-electron chi connectivity index (χ2n) is 7.96. The van der Waals surface area contributed by atoms with Crippen LogP contribution in [0.4, 0.5) is 0 Å². The van der Waals surface area contributed by atoms with Gasteiger partial charge in [0.1, 0.15) is 0 Å². The fraction of sp³-hybridized carbons (Fsp3) is 0.833. The van der Waals surface area contributed by atoms with Crippen LogP contribution in [0.15, 0.2) is 0 Å². The van der Waals surface area contributed by atoms with Crippen molar-refractivity contribution < 1.29 is 9.53 Å². The normalized spacial score (nSPS) is 37.4. The largest absolute Gasteiger partial charge is 0.375 e. The number of ether oxygens (including phenoxy) is 1. The molecule has 3 aliphatic rings. The molecule has 5 heteroatoms. The van der Waals surface area contributed by atoms with E-state index >= 15 is 0 Å². The third kappa shape index (κ3) is 2.34. The standard InChI is InChI=1S/C18H25N3O2/c1-16(2)14(11-19)18(16,12-20)15(22)21-13-6-9-23-17(10-13)7-4-3-5-8-17/h13-14H,3-10H2,1-2H3,(H,21,22). The van der Waals surface area contributed by atoms with Gasteiger partial charge in [-0.15, -0.1) is 0 Å². The molecule has 23 heavy (non-hydrogen) atoms. The quantitative estimate of drug-likeness (QED) is 0.849. The maximum absolute atomic E-state index is 12.8. The first-order valence-corrected chi connectivity index (χ1v) is 8.68. The van der Waals surface area contributed by atoms with Gasteiger partial charge >= 0.3 is 0 Å². The fourth-order valence-electron chi connectivity index (χ4n) is 4.70. The third-order valence-electron chi connectivity index (χ3n) is 6.34. The van der Waals surface area contributed by atoms with Crippen molar-refractivity contribution in [3.05, 3.63) is 0 Å². The Morgan fingerprint density at radius 3 is 2.48 bits per heavy atom. The Morgan fingerprint density at radius 2 is 1.91 bits per heavy atom. The van der Waals surface area contributed by atoms with E-state index < -0.39 is 16.7 Å². The molecule has 124 valence electrons. The van der Waals surface area contributed by atoms with Crippen LogP contribution >= 0.6 is 0 Å². The van der Waals surface area contributed by atoms with Crippen molar-refractivity contribution in [2.45, 2.75) is 70.4 Å². The monoisotopic (exact) mass is 315 g/mol. The highest BCUT2D eigenvalue weighted by Gasteiger charge is 2.77. The first kappa shape index (κ1) is 16.3. The van der Waals surface area contributed by atoms with Crippen molar-refractivity contribution in [2.75, 3.05) is 6.61 Å². The predicted octanol–water partition coefficient (Wildman–Crippen LogP) is 2.67. The van der Waals surface area contributed by atoms with Crippen LogP contribution in [-0.2, 0) is 9.53 Å². The summed E-state index contributed by atoms with van der Waals surface area (Å²) < 4.78 is 6.06. The molecule has 1 amide bonds. The minimum Gasteiger partial charge on any atom is -0.375 e. The first-order valence-electron chi connectivity index (χ1n) is 8.68. The summed E-state index contributed by atoms with van der Waals surface area (Å²) in [5.41, 5.74) is -1.85. The van der Waals surface area contributed by atoms with Crippen molar-refractivity contribution in [1.29, 1.82) is 10.5 Å². The van der Waals surface area contributed by atoms with Crippen molar-refractivity contribution in [1.82, 2.24) is 5.32 Å². The summed E-state index contributed by atoms with van der Waals surface area (Å²) in [5.74, 6) is -0.794. The van der Waals surface area contributed by atoms with E-state index in [4.69, 9.17) is 4.74 Å². The van der Waals surface area contributed by atoms with Crippen LogP contribution in [-0.4, -0.2) is 24.2 Å². The lowest BCUT2D eigenvalue weighted by atomic mass is 9.78. The van der Waals surface area contributed by atoms with Crippen LogP contribution in [0, 0.1) is 39.4 Å². The maximum atomic E-state index is 12.8. The summed E-state index contributed by atoms with van der Waals surface area (Å²) in [6, 6.07) is 4.33.